The smallest absolute Gasteiger partial charge is 0.310 e. The highest BCUT2D eigenvalue weighted by atomic mass is 16.5. The Bertz CT molecular complexity index is 270. The van der Waals surface area contributed by atoms with Gasteiger partial charge < -0.3 is 15.0 Å². The first-order chi connectivity index (χ1) is 6.77. The summed E-state index contributed by atoms with van der Waals surface area (Å²) in [6, 6.07) is 3.82. The molecule has 0 fully saturated rings. The molecular weight excluding hydrogens is 180 g/mol. The standard InChI is InChI=1S/C10H16N2O2/c1-3-8(10(13)14-2)7-12-9-5-4-6-11-9/h4-6,8,11-12H,3,7H2,1-2H3. The van der Waals surface area contributed by atoms with Gasteiger partial charge in [-0.3, -0.25) is 4.79 Å². The van der Waals surface area contributed by atoms with E-state index in [-0.39, 0.29) is 11.9 Å². The number of aromatic nitrogens is 1. The summed E-state index contributed by atoms with van der Waals surface area (Å²) in [6.45, 7) is 2.57. The second-order valence-electron chi connectivity index (χ2n) is 3.09. The Kier molecular flexibility index (Phi) is 4.04. The van der Waals surface area contributed by atoms with Crippen molar-refractivity contribution in [3.63, 3.8) is 0 Å². The second kappa shape index (κ2) is 5.32. The van der Waals surface area contributed by atoms with Gasteiger partial charge in [0.2, 0.25) is 0 Å². The third-order valence-electron chi connectivity index (χ3n) is 2.16. The summed E-state index contributed by atoms with van der Waals surface area (Å²) in [5.74, 6) is 0.683. The summed E-state index contributed by atoms with van der Waals surface area (Å²) in [4.78, 5) is 14.2. The van der Waals surface area contributed by atoms with Gasteiger partial charge in [-0.25, -0.2) is 0 Å². The predicted molar refractivity (Wildman–Crippen MR) is 55.1 cm³/mol. The average molecular weight is 196 g/mol. The van der Waals surface area contributed by atoms with Crippen LogP contribution in [0.3, 0.4) is 0 Å². The van der Waals surface area contributed by atoms with E-state index in [4.69, 9.17) is 0 Å². The van der Waals surface area contributed by atoms with E-state index in [9.17, 15) is 4.79 Å². The topological polar surface area (TPSA) is 54.1 Å². The van der Waals surface area contributed by atoms with Crippen LogP contribution < -0.4 is 5.32 Å². The zero-order valence-electron chi connectivity index (χ0n) is 8.54. The number of hydrogen-bond donors (Lipinski definition) is 2. The highest BCUT2D eigenvalue weighted by Crippen LogP contribution is 2.07. The zero-order chi connectivity index (χ0) is 10.4. The number of rotatable bonds is 5. The molecule has 1 heterocycles. The Labute approximate surface area is 83.7 Å². The van der Waals surface area contributed by atoms with Gasteiger partial charge in [0.1, 0.15) is 5.82 Å². The molecule has 0 saturated heterocycles. The number of H-pyrrole nitrogens is 1. The van der Waals surface area contributed by atoms with Crippen LogP contribution in [0, 0.1) is 5.92 Å². The van der Waals surface area contributed by atoms with Crippen LogP contribution in [0.1, 0.15) is 13.3 Å². The molecule has 0 radical (unpaired) electrons. The highest BCUT2D eigenvalue weighted by Gasteiger charge is 2.16. The lowest BCUT2D eigenvalue weighted by atomic mass is 10.1. The first kappa shape index (κ1) is 10.6. The van der Waals surface area contributed by atoms with E-state index in [2.05, 4.69) is 15.0 Å². The van der Waals surface area contributed by atoms with Crippen molar-refractivity contribution in [2.75, 3.05) is 19.0 Å². The Balaban J connectivity index is 2.38. The van der Waals surface area contributed by atoms with Crippen molar-refractivity contribution in [1.82, 2.24) is 4.98 Å². The van der Waals surface area contributed by atoms with Crippen molar-refractivity contribution in [1.29, 1.82) is 0 Å². The monoisotopic (exact) mass is 196 g/mol. The average Bonchev–Trinajstić information content (AvgIpc) is 2.71. The molecule has 1 aromatic heterocycles. The van der Waals surface area contributed by atoms with Gasteiger partial charge >= 0.3 is 5.97 Å². The number of methoxy groups -OCH3 is 1. The molecule has 1 atom stereocenters. The maximum Gasteiger partial charge on any atom is 0.310 e. The van der Waals surface area contributed by atoms with Crippen LogP contribution in [0.2, 0.25) is 0 Å². The predicted octanol–water partition coefficient (Wildman–Crippen LogP) is 1.63. The van der Waals surface area contributed by atoms with Gasteiger partial charge in [-0.2, -0.15) is 0 Å². The Morgan fingerprint density at radius 2 is 2.50 bits per heavy atom. The largest absolute Gasteiger partial charge is 0.469 e. The van der Waals surface area contributed by atoms with Gasteiger partial charge in [0.25, 0.3) is 0 Å². The van der Waals surface area contributed by atoms with Gasteiger partial charge in [0, 0.05) is 12.7 Å². The van der Waals surface area contributed by atoms with E-state index in [0.717, 1.165) is 12.2 Å². The zero-order valence-corrected chi connectivity index (χ0v) is 8.54. The van der Waals surface area contributed by atoms with E-state index >= 15 is 0 Å². The Hall–Kier alpha value is -1.45. The fraction of sp³-hybridized carbons (Fsp3) is 0.500. The quantitative estimate of drug-likeness (QED) is 0.704. The summed E-state index contributed by atoms with van der Waals surface area (Å²) in [5, 5.41) is 3.13. The summed E-state index contributed by atoms with van der Waals surface area (Å²) in [6.07, 6.45) is 2.61. The number of carbonyl (C=O) groups is 1. The number of carbonyl (C=O) groups excluding carboxylic acids is 1. The molecule has 78 valence electrons. The molecule has 0 spiro atoms. The SMILES string of the molecule is CCC(CNc1ccc[nH]1)C(=O)OC. The van der Waals surface area contributed by atoms with Crippen molar-refractivity contribution in [2.45, 2.75) is 13.3 Å². The van der Waals surface area contributed by atoms with Crippen LogP contribution in [0.15, 0.2) is 18.3 Å². The second-order valence-corrected chi connectivity index (χ2v) is 3.09. The minimum Gasteiger partial charge on any atom is -0.469 e. The molecule has 4 nitrogen and oxygen atoms in total. The Morgan fingerprint density at radius 3 is 3.00 bits per heavy atom. The van der Waals surface area contributed by atoms with Crippen LogP contribution in [0.5, 0.6) is 0 Å². The van der Waals surface area contributed by atoms with E-state index in [1.807, 2.05) is 25.3 Å². The number of ether oxygens (including phenoxy) is 1. The minimum absolute atomic E-state index is 0.0803. The summed E-state index contributed by atoms with van der Waals surface area (Å²) >= 11 is 0. The number of hydrogen-bond acceptors (Lipinski definition) is 3. The lowest BCUT2D eigenvalue weighted by molar-refractivity contribution is -0.145. The number of anilines is 1. The van der Waals surface area contributed by atoms with Crippen molar-refractivity contribution in [2.24, 2.45) is 5.92 Å². The molecule has 0 bridgehead atoms. The molecular formula is C10H16N2O2. The molecule has 1 aromatic rings. The fourth-order valence-electron chi connectivity index (χ4n) is 1.23. The molecule has 1 unspecified atom stereocenters. The van der Waals surface area contributed by atoms with E-state index in [0.29, 0.717) is 6.54 Å². The maximum absolute atomic E-state index is 11.2. The van der Waals surface area contributed by atoms with Crippen molar-refractivity contribution >= 4 is 11.8 Å². The lowest BCUT2D eigenvalue weighted by Gasteiger charge is -2.12. The maximum atomic E-state index is 11.2. The summed E-state index contributed by atoms with van der Waals surface area (Å²) in [7, 11) is 1.42. The summed E-state index contributed by atoms with van der Waals surface area (Å²) in [5.41, 5.74) is 0. The molecule has 2 N–H and O–H groups in total. The molecule has 0 aliphatic carbocycles. The molecule has 14 heavy (non-hydrogen) atoms. The molecule has 1 rings (SSSR count). The number of aromatic amines is 1. The van der Waals surface area contributed by atoms with Crippen molar-refractivity contribution in [3.05, 3.63) is 18.3 Å². The van der Waals surface area contributed by atoms with Gasteiger partial charge in [-0.05, 0) is 18.6 Å². The number of esters is 1. The van der Waals surface area contributed by atoms with Crippen LogP contribution in [-0.4, -0.2) is 24.6 Å². The van der Waals surface area contributed by atoms with Gasteiger partial charge in [0.15, 0.2) is 0 Å². The van der Waals surface area contributed by atoms with Gasteiger partial charge in [0.05, 0.1) is 13.0 Å². The lowest BCUT2D eigenvalue weighted by Crippen LogP contribution is -2.23. The first-order valence-corrected chi connectivity index (χ1v) is 4.73. The van der Waals surface area contributed by atoms with Gasteiger partial charge in [-0.1, -0.05) is 6.92 Å². The third-order valence-corrected chi connectivity index (χ3v) is 2.16. The molecule has 0 amide bonds. The van der Waals surface area contributed by atoms with Crippen LogP contribution in [0.25, 0.3) is 0 Å². The number of nitrogens with one attached hydrogen (secondary N) is 2. The molecule has 0 aliphatic heterocycles. The third kappa shape index (κ3) is 2.80. The van der Waals surface area contributed by atoms with Gasteiger partial charge in [-0.15, -0.1) is 0 Å². The highest BCUT2D eigenvalue weighted by molar-refractivity contribution is 5.72. The van der Waals surface area contributed by atoms with E-state index < -0.39 is 0 Å². The normalized spacial score (nSPS) is 12.1. The van der Waals surface area contributed by atoms with Crippen LogP contribution in [-0.2, 0) is 9.53 Å². The van der Waals surface area contributed by atoms with Crippen molar-refractivity contribution < 1.29 is 9.53 Å². The molecule has 0 saturated carbocycles. The fourth-order valence-corrected chi connectivity index (χ4v) is 1.23. The molecule has 0 aromatic carbocycles. The van der Waals surface area contributed by atoms with Crippen molar-refractivity contribution in [3.8, 4) is 0 Å². The van der Waals surface area contributed by atoms with E-state index in [1.165, 1.54) is 7.11 Å². The molecule has 4 heteroatoms. The summed E-state index contributed by atoms with van der Waals surface area (Å²) < 4.78 is 4.68. The van der Waals surface area contributed by atoms with Crippen LogP contribution >= 0.6 is 0 Å². The Morgan fingerprint density at radius 1 is 1.71 bits per heavy atom. The minimum atomic E-state index is -0.161. The molecule has 0 aliphatic rings. The first-order valence-electron chi connectivity index (χ1n) is 4.73. The van der Waals surface area contributed by atoms with Crippen LogP contribution in [0.4, 0.5) is 5.82 Å². The van der Waals surface area contributed by atoms with E-state index in [1.54, 1.807) is 0 Å².